The van der Waals surface area contributed by atoms with Crippen LogP contribution in [0.4, 0.5) is 0 Å². The van der Waals surface area contributed by atoms with Crippen LogP contribution < -0.4 is 5.32 Å². The quantitative estimate of drug-likeness (QED) is 0.454. The summed E-state index contributed by atoms with van der Waals surface area (Å²) < 4.78 is 10.7. The lowest BCUT2D eigenvalue weighted by Gasteiger charge is -2.17. The SMILES string of the molecule is C=CC(=O)NC(CCC)CCP(=O)(O)O. The maximum Gasteiger partial charge on any atom is 0.325 e. The van der Waals surface area contributed by atoms with Gasteiger partial charge >= 0.3 is 7.60 Å². The average molecular weight is 235 g/mol. The van der Waals surface area contributed by atoms with E-state index >= 15 is 0 Å². The molecule has 0 saturated heterocycles. The second-order valence-electron chi connectivity index (χ2n) is 3.38. The molecule has 0 aromatic carbocycles. The molecule has 0 aromatic heterocycles. The van der Waals surface area contributed by atoms with Crippen molar-refractivity contribution in [1.29, 1.82) is 0 Å². The maximum atomic E-state index is 11.0. The molecule has 3 N–H and O–H groups in total. The first-order valence-corrected chi connectivity index (χ1v) is 6.66. The van der Waals surface area contributed by atoms with Crippen LogP contribution in [0.15, 0.2) is 12.7 Å². The van der Waals surface area contributed by atoms with Gasteiger partial charge in [-0.25, -0.2) is 0 Å². The number of nitrogens with one attached hydrogen (secondary N) is 1. The Morgan fingerprint density at radius 3 is 2.53 bits per heavy atom. The standard InChI is InChI=1S/C9H18NO4P/c1-3-5-8(10-9(11)4-2)6-7-15(12,13)14/h4,8H,2-3,5-7H2,1H3,(H,10,11)(H2,12,13,14). The van der Waals surface area contributed by atoms with Crippen LogP contribution in [-0.4, -0.2) is 27.9 Å². The topological polar surface area (TPSA) is 86.6 Å². The van der Waals surface area contributed by atoms with Crippen LogP contribution in [0.3, 0.4) is 0 Å². The van der Waals surface area contributed by atoms with Gasteiger partial charge in [-0.15, -0.1) is 0 Å². The van der Waals surface area contributed by atoms with Crippen molar-refractivity contribution in [2.75, 3.05) is 6.16 Å². The lowest BCUT2D eigenvalue weighted by Crippen LogP contribution is -2.34. The van der Waals surface area contributed by atoms with Gasteiger partial charge in [-0.1, -0.05) is 19.9 Å². The summed E-state index contributed by atoms with van der Waals surface area (Å²) in [5.74, 6) is -0.306. The van der Waals surface area contributed by atoms with Crippen molar-refractivity contribution in [3.63, 3.8) is 0 Å². The van der Waals surface area contributed by atoms with Gasteiger partial charge < -0.3 is 15.1 Å². The highest BCUT2D eigenvalue weighted by molar-refractivity contribution is 7.51. The van der Waals surface area contributed by atoms with E-state index in [4.69, 9.17) is 9.79 Å². The van der Waals surface area contributed by atoms with Gasteiger partial charge in [0.2, 0.25) is 5.91 Å². The van der Waals surface area contributed by atoms with Crippen LogP contribution >= 0.6 is 7.60 Å². The second-order valence-corrected chi connectivity index (χ2v) is 5.15. The predicted octanol–water partition coefficient (Wildman–Crippen LogP) is 1.03. The molecule has 0 saturated carbocycles. The van der Waals surface area contributed by atoms with E-state index in [1.54, 1.807) is 0 Å². The molecular formula is C9H18NO4P. The number of hydrogen-bond acceptors (Lipinski definition) is 2. The van der Waals surface area contributed by atoms with Crippen LogP contribution in [0.2, 0.25) is 0 Å². The summed E-state index contributed by atoms with van der Waals surface area (Å²) in [6.45, 7) is 5.27. The molecule has 0 spiro atoms. The van der Waals surface area contributed by atoms with Gasteiger partial charge in [0.05, 0.1) is 6.16 Å². The Morgan fingerprint density at radius 2 is 2.13 bits per heavy atom. The smallest absolute Gasteiger partial charge is 0.325 e. The molecule has 0 heterocycles. The van der Waals surface area contributed by atoms with Crippen molar-refractivity contribution in [3.8, 4) is 0 Å². The Morgan fingerprint density at radius 1 is 1.53 bits per heavy atom. The van der Waals surface area contributed by atoms with Gasteiger partial charge in [0.25, 0.3) is 0 Å². The van der Waals surface area contributed by atoms with Crippen molar-refractivity contribution < 1.29 is 19.1 Å². The fraction of sp³-hybridized carbons (Fsp3) is 0.667. The van der Waals surface area contributed by atoms with E-state index in [9.17, 15) is 9.36 Å². The minimum absolute atomic E-state index is 0.187. The van der Waals surface area contributed by atoms with Crippen LogP contribution in [0.25, 0.3) is 0 Å². The molecule has 88 valence electrons. The molecule has 0 bridgehead atoms. The Labute approximate surface area is 89.7 Å². The number of amides is 1. The average Bonchev–Trinajstić information content (AvgIpc) is 2.13. The molecule has 5 nitrogen and oxygen atoms in total. The fourth-order valence-electron chi connectivity index (χ4n) is 1.22. The monoisotopic (exact) mass is 235 g/mol. The zero-order chi connectivity index (χ0) is 11.9. The molecule has 0 aliphatic heterocycles. The highest BCUT2D eigenvalue weighted by Gasteiger charge is 2.17. The molecule has 0 aliphatic carbocycles. The molecule has 1 atom stereocenters. The predicted molar refractivity (Wildman–Crippen MR) is 58.6 cm³/mol. The fourth-order valence-corrected chi connectivity index (χ4v) is 1.87. The third-order valence-electron chi connectivity index (χ3n) is 1.94. The van der Waals surface area contributed by atoms with Gasteiger partial charge in [-0.05, 0) is 18.9 Å². The molecule has 0 aliphatic rings. The molecular weight excluding hydrogens is 217 g/mol. The summed E-state index contributed by atoms with van der Waals surface area (Å²) in [6.07, 6.45) is 2.80. The van der Waals surface area contributed by atoms with Crippen molar-refractivity contribution >= 4 is 13.5 Å². The van der Waals surface area contributed by atoms with Crippen molar-refractivity contribution in [1.82, 2.24) is 5.32 Å². The van der Waals surface area contributed by atoms with E-state index in [0.717, 1.165) is 12.5 Å². The molecule has 1 unspecified atom stereocenters. The first-order valence-electron chi connectivity index (χ1n) is 4.86. The van der Waals surface area contributed by atoms with Crippen molar-refractivity contribution in [2.45, 2.75) is 32.2 Å². The number of hydrogen-bond donors (Lipinski definition) is 3. The van der Waals surface area contributed by atoms with Crippen LogP contribution in [0, 0.1) is 0 Å². The second kappa shape index (κ2) is 6.77. The molecule has 0 radical (unpaired) electrons. The Kier molecular flexibility index (Phi) is 6.48. The highest BCUT2D eigenvalue weighted by atomic mass is 31.2. The van der Waals surface area contributed by atoms with Gasteiger partial charge in [0.1, 0.15) is 0 Å². The highest BCUT2D eigenvalue weighted by Crippen LogP contribution is 2.35. The van der Waals surface area contributed by atoms with E-state index in [0.29, 0.717) is 6.42 Å². The summed E-state index contributed by atoms with van der Waals surface area (Å²) in [6, 6.07) is -0.187. The lowest BCUT2D eigenvalue weighted by atomic mass is 10.1. The van der Waals surface area contributed by atoms with Crippen LogP contribution in [0.1, 0.15) is 26.2 Å². The molecule has 1 amide bonds. The Bertz CT molecular complexity index is 261. The molecule has 15 heavy (non-hydrogen) atoms. The van der Waals surface area contributed by atoms with E-state index in [-0.39, 0.29) is 24.5 Å². The zero-order valence-electron chi connectivity index (χ0n) is 8.85. The summed E-state index contributed by atoms with van der Waals surface area (Å²) in [5, 5.41) is 2.64. The van der Waals surface area contributed by atoms with E-state index in [2.05, 4.69) is 11.9 Å². The maximum absolute atomic E-state index is 11.0. The van der Waals surface area contributed by atoms with Gasteiger partial charge in [0.15, 0.2) is 0 Å². The van der Waals surface area contributed by atoms with Crippen molar-refractivity contribution in [2.24, 2.45) is 0 Å². The number of rotatable bonds is 7. The third-order valence-corrected chi connectivity index (χ3v) is 2.78. The summed E-state index contributed by atoms with van der Waals surface area (Å²) in [5.41, 5.74) is 0. The molecule has 0 rings (SSSR count). The summed E-state index contributed by atoms with van der Waals surface area (Å²) in [7, 11) is -3.97. The van der Waals surface area contributed by atoms with E-state index in [1.165, 1.54) is 0 Å². The Hall–Kier alpha value is -0.640. The first-order chi connectivity index (χ1) is 6.89. The minimum atomic E-state index is -3.97. The van der Waals surface area contributed by atoms with Gasteiger partial charge in [-0.2, -0.15) is 0 Å². The van der Waals surface area contributed by atoms with Gasteiger partial charge in [0, 0.05) is 6.04 Å². The van der Waals surface area contributed by atoms with Gasteiger partial charge in [-0.3, -0.25) is 9.36 Å². The van der Waals surface area contributed by atoms with Crippen molar-refractivity contribution in [3.05, 3.63) is 12.7 Å². The molecule has 0 aromatic rings. The molecule has 6 heteroatoms. The normalized spacial score (nSPS) is 13.3. The van der Waals surface area contributed by atoms with Crippen LogP contribution in [0.5, 0.6) is 0 Å². The lowest BCUT2D eigenvalue weighted by molar-refractivity contribution is -0.117. The minimum Gasteiger partial charge on any atom is -0.350 e. The van der Waals surface area contributed by atoms with E-state index in [1.807, 2.05) is 6.92 Å². The van der Waals surface area contributed by atoms with Crippen LogP contribution in [-0.2, 0) is 9.36 Å². The summed E-state index contributed by atoms with van der Waals surface area (Å²) in [4.78, 5) is 28.4. The number of carbonyl (C=O) groups is 1. The Balaban J connectivity index is 4.09. The molecule has 0 fully saturated rings. The first kappa shape index (κ1) is 14.4. The summed E-state index contributed by atoms with van der Waals surface area (Å²) >= 11 is 0. The largest absolute Gasteiger partial charge is 0.350 e. The number of carbonyl (C=O) groups excluding carboxylic acids is 1. The third kappa shape index (κ3) is 8.36. The zero-order valence-corrected chi connectivity index (χ0v) is 9.74. The van der Waals surface area contributed by atoms with E-state index < -0.39 is 7.60 Å².